The molecule has 17 heavy (non-hydrogen) atoms. The summed E-state index contributed by atoms with van der Waals surface area (Å²) in [4.78, 5) is 3.33. The van der Waals surface area contributed by atoms with E-state index in [0.29, 0.717) is 0 Å². The number of rotatable bonds is 2. The van der Waals surface area contributed by atoms with E-state index in [0.717, 1.165) is 12.1 Å². The van der Waals surface area contributed by atoms with Crippen molar-refractivity contribution in [3.05, 3.63) is 28.0 Å². The van der Waals surface area contributed by atoms with Crippen LogP contribution < -0.4 is 5.73 Å². The summed E-state index contributed by atoms with van der Waals surface area (Å²) in [5.41, 5.74) is 3.12. The highest BCUT2D eigenvalue weighted by Gasteiger charge is 2.35. The molecule has 0 unspecified atom stereocenters. The van der Waals surface area contributed by atoms with Crippen LogP contribution in [0.1, 0.15) is 5.56 Å². The first kappa shape index (κ1) is 14.2. The van der Waals surface area contributed by atoms with E-state index in [4.69, 9.17) is 17.3 Å². The summed E-state index contributed by atoms with van der Waals surface area (Å²) in [5.74, 6) is -1.70. The molecular weight excluding hydrogens is 327 g/mol. The topological polar surface area (TPSA) is 38.4 Å². The van der Waals surface area contributed by atoms with Crippen molar-refractivity contribution in [1.29, 1.82) is 0 Å². The van der Waals surface area contributed by atoms with Crippen LogP contribution in [0, 0.1) is 5.82 Å². The van der Waals surface area contributed by atoms with E-state index < -0.39 is 23.2 Å². The van der Waals surface area contributed by atoms with Crippen molar-refractivity contribution in [1.82, 2.24) is 0 Å². The number of alkyl halides is 4. The van der Waals surface area contributed by atoms with Gasteiger partial charge in [-0.2, -0.15) is 13.2 Å². The van der Waals surface area contributed by atoms with Gasteiger partial charge in [0, 0.05) is 4.47 Å². The lowest BCUT2D eigenvalue weighted by Gasteiger charge is -2.11. The van der Waals surface area contributed by atoms with Crippen LogP contribution in [0.2, 0.25) is 0 Å². The van der Waals surface area contributed by atoms with Gasteiger partial charge in [-0.3, -0.25) is 0 Å². The Morgan fingerprint density at radius 3 is 2.47 bits per heavy atom. The highest BCUT2D eigenvalue weighted by Crippen LogP contribution is 2.39. The first-order chi connectivity index (χ1) is 7.75. The number of hydrogen-bond donors (Lipinski definition) is 1. The Hall–Kier alpha value is -0.820. The van der Waals surface area contributed by atoms with Crippen molar-refractivity contribution >= 4 is 39.1 Å². The molecule has 2 N–H and O–H groups in total. The predicted octanol–water partition coefficient (Wildman–Crippen LogP) is 3.83. The van der Waals surface area contributed by atoms with Crippen LogP contribution in [-0.4, -0.2) is 11.7 Å². The van der Waals surface area contributed by atoms with Crippen molar-refractivity contribution in [2.45, 2.75) is 6.18 Å². The van der Waals surface area contributed by atoms with Gasteiger partial charge in [0.2, 0.25) is 0 Å². The van der Waals surface area contributed by atoms with Crippen LogP contribution in [-0.2, 0) is 6.18 Å². The average molecular weight is 334 g/mol. The lowest BCUT2D eigenvalue weighted by Crippen LogP contribution is -2.14. The normalized spacial score (nSPS) is 12.9. The number of nitrogens with zero attached hydrogens (tertiary/aromatic N) is 1. The molecule has 0 aliphatic rings. The monoisotopic (exact) mass is 332 g/mol. The molecule has 0 fully saturated rings. The van der Waals surface area contributed by atoms with Gasteiger partial charge in [0.15, 0.2) is 5.82 Å². The third-order valence-electron chi connectivity index (χ3n) is 1.73. The van der Waals surface area contributed by atoms with Crippen molar-refractivity contribution in [2.24, 2.45) is 10.7 Å². The van der Waals surface area contributed by atoms with Gasteiger partial charge >= 0.3 is 6.18 Å². The lowest BCUT2D eigenvalue weighted by atomic mass is 10.1. The molecule has 0 heterocycles. The van der Waals surface area contributed by atoms with E-state index in [-0.39, 0.29) is 16.2 Å². The van der Waals surface area contributed by atoms with Crippen molar-refractivity contribution < 1.29 is 17.6 Å². The van der Waals surface area contributed by atoms with E-state index in [1.165, 1.54) is 0 Å². The van der Waals surface area contributed by atoms with Gasteiger partial charge in [0.1, 0.15) is 11.5 Å². The molecule has 1 aromatic rings. The zero-order valence-corrected chi connectivity index (χ0v) is 10.5. The molecule has 0 aromatic heterocycles. The Kier molecular flexibility index (Phi) is 4.37. The second-order valence-electron chi connectivity index (χ2n) is 3.02. The lowest BCUT2D eigenvalue weighted by molar-refractivity contribution is -0.137. The standard InChI is InChI=1S/C9H6BrClF4N2/c10-4-1-5(9(13,14)15)8(6(12)2-4)17-7(16)3-11/h1-2H,3H2,(H2,16,17). The number of aliphatic imine (C=N–C) groups is 1. The summed E-state index contributed by atoms with van der Waals surface area (Å²) >= 11 is 8.06. The second-order valence-corrected chi connectivity index (χ2v) is 4.20. The number of hydrogen-bond acceptors (Lipinski definition) is 1. The minimum atomic E-state index is -4.73. The van der Waals surface area contributed by atoms with E-state index >= 15 is 0 Å². The van der Waals surface area contributed by atoms with Gasteiger partial charge in [0.25, 0.3) is 0 Å². The molecule has 0 atom stereocenters. The molecule has 1 rings (SSSR count). The Labute approximate surface area is 108 Å². The first-order valence-corrected chi connectivity index (χ1v) is 5.53. The second kappa shape index (κ2) is 5.22. The van der Waals surface area contributed by atoms with Crippen LogP contribution in [0.25, 0.3) is 0 Å². The Morgan fingerprint density at radius 2 is 2.00 bits per heavy atom. The number of amidine groups is 1. The Balaban J connectivity index is 3.47. The van der Waals surface area contributed by atoms with Crippen LogP contribution in [0.5, 0.6) is 0 Å². The number of benzene rings is 1. The zero-order chi connectivity index (χ0) is 13.2. The third-order valence-corrected chi connectivity index (χ3v) is 2.46. The van der Waals surface area contributed by atoms with E-state index in [1.54, 1.807) is 0 Å². The van der Waals surface area contributed by atoms with Gasteiger partial charge in [-0.05, 0) is 12.1 Å². The molecule has 1 aromatic carbocycles. The number of halogens is 6. The molecule has 0 saturated heterocycles. The van der Waals surface area contributed by atoms with Crippen LogP contribution in [0.4, 0.5) is 23.2 Å². The van der Waals surface area contributed by atoms with E-state index in [2.05, 4.69) is 20.9 Å². The molecule has 0 spiro atoms. The molecular formula is C9H6BrClF4N2. The summed E-state index contributed by atoms with van der Waals surface area (Å²) in [6, 6.07) is 1.60. The van der Waals surface area contributed by atoms with E-state index in [1.807, 2.05) is 0 Å². The summed E-state index contributed by atoms with van der Waals surface area (Å²) in [6.07, 6.45) is -4.73. The molecule has 0 aliphatic heterocycles. The maximum absolute atomic E-state index is 13.4. The molecule has 0 amide bonds. The summed E-state index contributed by atoms with van der Waals surface area (Å²) in [7, 11) is 0. The van der Waals surface area contributed by atoms with Crippen molar-refractivity contribution in [2.75, 3.05) is 5.88 Å². The van der Waals surface area contributed by atoms with Crippen LogP contribution >= 0.6 is 27.5 Å². The predicted molar refractivity (Wildman–Crippen MR) is 61.1 cm³/mol. The quantitative estimate of drug-likeness (QED) is 0.380. The molecule has 0 radical (unpaired) electrons. The molecule has 94 valence electrons. The molecule has 0 bridgehead atoms. The summed E-state index contributed by atoms with van der Waals surface area (Å²) < 4.78 is 51.3. The summed E-state index contributed by atoms with van der Waals surface area (Å²) in [5, 5.41) is 0. The molecule has 0 aliphatic carbocycles. The fourth-order valence-electron chi connectivity index (χ4n) is 1.07. The highest BCUT2D eigenvalue weighted by atomic mass is 79.9. The minimum absolute atomic E-state index is 0.0364. The van der Waals surface area contributed by atoms with Gasteiger partial charge in [-0.1, -0.05) is 15.9 Å². The minimum Gasteiger partial charge on any atom is -0.386 e. The van der Waals surface area contributed by atoms with Crippen molar-refractivity contribution in [3.63, 3.8) is 0 Å². The fourth-order valence-corrected chi connectivity index (χ4v) is 1.56. The summed E-state index contributed by atoms with van der Waals surface area (Å²) in [6.45, 7) is 0. The Bertz CT molecular complexity index is 459. The maximum Gasteiger partial charge on any atom is 0.418 e. The first-order valence-electron chi connectivity index (χ1n) is 4.21. The third kappa shape index (κ3) is 3.57. The fraction of sp³-hybridized carbons (Fsp3) is 0.222. The zero-order valence-electron chi connectivity index (χ0n) is 8.15. The van der Waals surface area contributed by atoms with E-state index in [9.17, 15) is 17.6 Å². The van der Waals surface area contributed by atoms with Gasteiger partial charge in [-0.25, -0.2) is 9.38 Å². The van der Waals surface area contributed by atoms with Crippen molar-refractivity contribution in [3.8, 4) is 0 Å². The van der Waals surface area contributed by atoms with Crippen LogP contribution in [0.3, 0.4) is 0 Å². The molecule has 2 nitrogen and oxygen atoms in total. The maximum atomic E-state index is 13.4. The molecule has 8 heteroatoms. The van der Waals surface area contributed by atoms with Gasteiger partial charge < -0.3 is 5.73 Å². The van der Waals surface area contributed by atoms with Crippen LogP contribution in [0.15, 0.2) is 21.6 Å². The largest absolute Gasteiger partial charge is 0.418 e. The highest BCUT2D eigenvalue weighted by molar-refractivity contribution is 9.10. The number of nitrogens with two attached hydrogens (primary N) is 1. The van der Waals surface area contributed by atoms with Gasteiger partial charge in [-0.15, -0.1) is 11.6 Å². The Morgan fingerprint density at radius 1 is 1.41 bits per heavy atom. The molecule has 0 saturated carbocycles. The van der Waals surface area contributed by atoms with Gasteiger partial charge in [0.05, 0.1) is 11.4 Å². The SMILES string of the molecule is NC(CCl)=Nc1c(F)cc(Br)cc1C(F)(F)F. The smallest absolute Gasteiger partial charge is 0.386 e. The average Bonchev–Trinajstić information content (AvgIpc) is 2.19.